The molecule has 0 aliphatic heterocycles. The number of hydrogen-bond acceptors (Lipinski definition) is 3. The van der Waals surface area contributed by atoms with Crippen LogP contribution < -0.4 is 46.7 Å². The van der Waals surface area contributed by atoms with Gasteiger partial charge in [0.2, 0.25) is 0 Å². The maximum absolute atomic E-state index is 5.14. The predicted octanol–water partition coefficient (Wildman–Crippen LogP) is -5.15. The molecule has 0 fully saturated rings. The van der Waals surface area contributed by atoms with Crippen LogP contribution in [0, 0.1) is 0 Å². The minimum atomic E-state index is 0. The van der Waals surface area contributed by atoms with E-state index in [-0.39, 0.29) is 57.3 Å². The summed E-state index contributed by atoms with van der Waals surface area (Å²) in [5.74, 6) is 1.68. The van der Waals surface area contributed by atoms with Crippen LogP contribution in [0.2, 0.25) is 0 Å². The van der Waals surface area contributed by atoms with E-state index in [2.05, 4.69) is 4.99 Å². The molecule has 23 heavy (non-hydrogen) atoms. The average molecular weight is 554 g/mol. The van der Waals surface area contributed by atoms with Gasteiger partial charge in [0.1, 0.15) is 11.5 Å². The van der Waals surface area contributed by atoms with Gasteiger partial charge in [-0.25, -0.2) is 0 Å². The molecule has 0 aliphatic carbocycles. The van der Waals surface area contributed by atoms with Gasteiger partial charge < -0.3 is 46.7 Å². The summed E-state index contributed by atoms with van der Waals surface area (Å²) >= 11 is 0. The van der Waals surface area contributed by atoms with Crippen LogP contribution >= 0.6 is 0 Å². The van der Waals surface area contributed by atoms with Crippen LogP contribution in [0.1, 0.15) is 12.5 Å². The minimum Gasteiger partial charge on any atom is -1.00 e. The Labute approximate surface area is 169 Å². The van der Waals surface area contributed by atoms with E-state index in [0.717, 1.165) is 28.5 Å². The second kappa shape index (κ2) is 13.6. The number of rotatable bonds is 4. The first kappa shape index (κ1) is 27.1. The van der Waals surface area contributed by atoms with E-state index >= 15 is 0 Å². The molecule has 7 heteroatoms. The van der Waals surface area contributed by atoms with Crippen molar-refractivity contribution in [3.05, 3.63) is 54.1 Å². The third kappa shape index (κ3) is 8.05. The van der Waals surface area contributed by atoms with Gasteiger partial charge in [0, 0.05) is 5.71 Å². The second-order valence-electron chi connectivity index (χ2n) is 4.12. The number of hydrogen-bond donors (Lipinski definition) is 0. The van der Waals surface area contributed by atoms with E-state index in [1.165, 1.54) is 0 Å². The van der Waals surface area contributed by atoms with Crippen molar-refractivity contribution in [1.29, 1.82) is 0 Å². The summed E-state index contributed by atoms with van der Waals surface area (Å²) < 4.78 is 10.3. The summed E-state index contributed by atoms with van der Waals surface area (Å²) in [5, 5.41) is 0. The molecule has 0 saturated carbocycles. The Hall–Kier alpha value is -0.771. The van der Waals surface area contributed by atoms with Gasteiger partial charge in [-0.05, 0) is 61.0 Å². The molecule has 0 spiro atoms. The summed E-state index contributed by atoms with van der Waals surface area (Å²) in [6, 6.07) is 15.5. The van der Waals surface area contributed by atoms with Crippen LogP contribution in [0.4, 0.5) is 5.69 Å². The number of methoxy groups -OCH3 is 2. The molecule has 0 amide bonds. The summed E-state index contributed by atoms with van der Waals surface area (Å²) in [6.07, 6.45) is 0. The SMILES string of the molecule is COc1ccc(N=C(C)c2ccc(OC)cc2)cc1.[Cl-].[Cl-].[Cl-].[Ir+3]. The Kier molecular flexibility index (Phi) is 16.1. The fourth-order valence-electron chi connectivity index (χ4n) is 1.75. The average Bonchev–Trinajstić information content (AvgIpc) is 2.48. The standard InChI is InChI=1S/C16H17NO2.3ClH.Ir/c1-12(13-4-8-15(18-2)9-5-13)17-14-6-10-16(19-3)11-7-14;;;;/h4-11H,1-3H3;3*1H;/q;;;;+3/p-3. The molecule has 128 valence electrons. The van der Waals surface area contributed by atoms with Crippen molar-refractivity contribution in [3.63, 3.8) is 0 Å². The van der Waals surface area contributed by atoms with E-state index in [0.29, 0.717) is 0 Å². The Bertz CT molecular complexity index is 575. The number of halogens is 3. The van der Waals surface area contributed by atoms with Crippen LogP contribution in [0.5, 0.6) is 11.5 Å². The van der Waals surface area contributed by atoms with Crippen molar-refractivity contribution < 1.29 is 66.8 Å². The van der Waals surface area contributed by atoms with Crippen LogP contribution in [-0.4, -0.2) is 19.9 Å². The van der Waals surface area contributed by atoms with Gasteiger partial charge in [0.25, 0.3) is 0 Å². The van der Waals surface area contributed by atoms with Crippen LogP contribution in [0.3, 0.4) is 0 Å². The fraction of sp³-hybridized carbons (Fsp3) is 0.188. The molecule has 0 radical (unpaired) electrons. The molecule has 2 rings (SSSR count). The van der Waals surface area contributed by atoms with Gasteiger partial charge in [-0.3, -0.25) is 4.99 Å². The van der Waals surface area contributed by atoms with E-state index in [9.17, 15) is 0 Å². The van der Waals surface area contributed by atoms with Crippen LogP contribution in [-0.2, 0) is 20.1 Å². The van der Waals surface area contributed by atoms with Gasteiger partial charge in [0.15, 0.2) is 0 Å². The van der Waals surface area contributed by atoms with Gasteiger partial charge in [-0.2, -0.15) is 0 Å². The molecule has 0 N–H and O–H groups in total. The summed E-state index contributed by atoms with van der Waals surface area (Å²) in [5.41, 5.74) is 2.96. The molecule has 2 aromatic carbocycles. The maximum Gasteiger partial charge on any atom is 3.00 e. The minimum absolute atomic E-state index is 0. The fourth-order valence-corrected chi connectivity index (χ4v) is 1.75. The number of nitrogens with zero attached hydrogens (tertiary/aromatic N) is 1. The molecule has 3 nitrogen and oxygen atoms in total. The number of aliphatic imine (C=N–C) groups is 1. The summed E-state index contributed by atoms with van der Waals surface area (Å²) in [7, 11) is 3.31. The largest absolute Gasteiger partial charge is 3.00 e. The molecule has 0 unspecified atom stereocenters. The van der Waals surface area contributed by atoms with E-state index in [1.807, 2.05) is 55.5 Å². The molecule has 0 atom stereocenters. The van der Waals surface area contributed by atoms with Gasteiger partial charge in [-0.1, -0.05) is 0 Å². The molecule has 0 aliphatic rings. The van der Waals surface area contributed by atoms with Crippen molar-refractivity contribution in [3.8, 4) is 11.5 Å². The molecule has 0 aromatic heterocycles. The van der Waals surface area contributed by atoms with Crippen LogP contribution in [0.15, 0.2) is 53.5 Å². The van der Waals surface area contributed by atoms with Crippen molar-refractivity contribution >= 4 is 11.4 Å². The Morgan fingerprint density at radius 1 is 0.739 bits per heavy atom. The van der Waals surface area contributed by atoms with Crippen molar-refractivity contribution in [2.75, 3.05) is 14.2 Å². The second-order valence-corrected chi connectivity index (χ2v) is 4.12. The monoisotopic (exact) mass is 553 g/mol. The third-order valence-corrected chi connectivity index (χ3v) is 2.88. The number of benzene rings is 2. The number of ether oxygens (including phenoxy) is 2. The molecule has 0 heterocycles. The Morgan fingerprint density at radius 2 is 1.13 bits per heavy atom. The van der Waals surface area contributed by atoms with Crippen LogP contribution in [0.25, 0.3) is 0 Å². The summed E-state index contributed by atoms with van der Waals surface area (Å²) in [6.45, 7) is 1.99. The Balaban J connectivity index is -0.000001000. The van der Waals surface area contributed by atoms with Crippen molar-refractivity contribution in [2.24, 2.45) is 4.99 Å². The van der Waals surface area contributed by atoms with Gasteiger partial charge >= 0.3 is 20.1 Å². The first-order valence-corrected chi connectivity index (χ1v) is 6.06. The van der Waals surface area contributed by atoms with E-state index in [1.54, 1.807) is 14.2 Å². The van der Waals surface area contributed by atoms with Gasteiger partial charge in [-0.15, -0.1) is 0 Å². The third-order valence-electron chi connectivity index (χ3n) is 2.88. The Morgan fingerprint density at radius 3 is 1.52 bits per heavy atom. The molecule has 0 bridgehead atoms. The van der Waals surface area contributed by atoms with E-state index in [4.69, 9.17) is 9.47 Å². The predicted molar refractivity (Wildman–Crippen MR) is 77.9 cm³/mol. The normalized spacial score (nSPS) is 9.26. The molecular formula is C16H17Cl3IrNO2. The molecule has 2 aromatic rings. The first-order valence-electron chi connectivity index (χ1n) is 6.06. The smallest absolute Gasteiger partial charge is 1.00 e. The zero-order valence-corrected chi connectivity index (χ0v) is 17.5. The maximum atomic E-state index is 5.14. The molecule has 0 saturated heterocycles. The quantitative estimate of drug-likeness (QED) is 0.355. The molecular weight excluding hydrogens is 537 g/mol. The van der Waals surface area contributed by atoms with Crippen molar-refractivity contribution in [2.45, 2.75) is 6.92 Å². The van der Waals surface area contributed by atoms with E-state index < -0.39 is 0 Å². The van der Waals surface area contributed by atoms with Gasteiger partial charge in [0.05, 0.1) is 19.9 Å². The first-order chi connectivity index (χ1) is 9.22. The van der Waals surface area contributed by atoms with Crippen molar-refractivity contribution in [1.82, 2.24) is 0 Å². The summed E-state index contributed by atoms with van der Waals surface area (Å²) in [4.78, 5) is 4.58. The topological polar surface area (TPSA) is 30.8 Å². The zero-order chi connectivity index (χ0) is 13.7. The zero-order valence-electron chi connectivity index (χ0n) is 12.8.